The van der Waals surface area contributed by atoms with Crippen LogP contribution in [0, 0.1) is 5.92 Å². The summed E-state index contributed by atoms with van der Waals surface area (Å²) in [7, 11) is 0. The third-order valence-electron chi connectivity index (χ3n) is 3.02. The zero-order chi connectivity index (χ0) is 13.3. The fourth-order valence-corrected chi connectivity index (χ4v) is 2.02. The van der Waals surface area contributed by atoms with Gasteiger partial charge in [-0.1, -0.05) is 18.2 Å². The Labute approximate surface area is 103 Å². The first-order chi connectivity index (χ1) is 8.43. The Morgan fingerprint density at radius 3 is 2.78 bits per heavy atom. The van der Waals surface area contributed by atoms with Gasteiger partial charge in [-0.3, -0.25) is 4.79 Å². The van der Waals surface area contributed by atoms with E-state index in [0.717, 1.165) is 12.1 Å². The summed E-state index contributed by atoms with van der Waals surface area (Å²) in [5.74, 6) is -0.736. The van der Waals surface area contributed by atoms with Crippen molar-refractivity contribution in [3.05, 3.63) is 35.4 Å². The molecule has 2 rings (SSSR count). The molecule has 1 aliphatic rings. The van der Waals surface area contributed by atoms with Crippen molar-refractivity contribution in [1.29, 1.82) is 0 Å². The lowest BCUT2D eigenvalue weighted by molar-refractivity contribution is -0.144. The number of hydrogen-bond donors (Lipinski definition) is 0. The quantitative estimate of drug-likeness (QED) is 0.777. The highest BCUT2D eigenvalue weighted by molar-refractivity contribution is 5.77. The molecule has 0 N–H and O–H groups in total. The Morgan fingerprint density at radius 2 is 2.17 bits per heavy atom. The monoisotopic (exact) mass is 258 g/mol. The molecule has 18 heavy (non-hydrogen) atoms. The molecule has 1 aromatic rings. The zero-order valence-electron chi connectivity index (χ0n) is 9.83. The average molecular weight is 258 g/mol. The summed E-state index contributed by atoms with van der Waals surface area (Å²) < 4.78 is 42.5. The predicted octanol–water partition coefficient (Wildman–Crippen LogP) is 3.37. The molecule has 0 heterocycles. The summed E-state index contributed by atoms with van der Waals surface area (Å²) >= 11 is 0. The van der Waals surface area contributed by atoms with Crippen LogP contribution in [0.3, 0.4) is 0 Å². The molecule has 1 aromatic carbocycles. The smallest absolute Gasteiger partial charge is 0.416 e. The van der Waals surface area contributed by atoms with Gasteiger partial charge in [0, 0.05) is 0 Å². The lowest BCUT2D eigenvalue weighted by atomic mass is 10.1. The van der Waals surface area contributed by atoms with Gasteiger partial charge in [0.15, 0.2) is 0 Å². The van der Waals surface area contributed by atoms with Gasteiger partial charge in [-0.15, -0.1) is 0 Å². The number of carbonyl (C=O) groups is 1. The van der Waals surface area contributed by atoms with Crippen molar-refractivity contribution in [2.75, 3.05) is 6.61 Å². The molecule has 1 fully saturated rings. The van der Waals surface area contributed by atoms with Crippen LogP contribution in [0.15, 0.2) is 24.3 Å². The predicted molar refractivity (Wildman–Crippen MR) is 58.9 cm³/mol. The van der Waals surface area contributed by atoms with Gasteiger partial charge in [-0.05, 0) is 30.9 Å². The molecule has 0 bridgehead atoms. The number of hydrogen-bond acceptors (Lipinski definition) is 2. The van der Waals surface area contributed by atoms with E-state index in [1.165, 1.54) is 6.07 Å². The fraction of sp³-hybridized carbons (Fsp3) is 0.462. The fourth-order valence-electron chi connectivity index (χ4n) is 2.02. The molecule has 98 valence electrons. The summed E-state index contributed by atoms with van der Waals surface area (Å²) in [6, 6.07) is 5.15. The van der Waals surface area contributed by atoms with E-state index in [0.29, 0.717) is 18.6 Å². The van der Waals surface area contributed by atoms with E-state index in [1.54, 1.807) is 13.0 Å². The van der Waals surface area contributed by atoms with Crippen LogP contribution in [-0.2, 0) is 15.7 Å². The zero-order valence-corrected chi connectivity index (χ0v) is 9.83. The Hall–Kier alpha value is -1.52. The van der Waals surface area contributed by atoms with Crippen LogP contribution < -0.4 is 0 Å². The van der Waals surface area contributed by atoms with Crippen LogP contribution in [0.1, 0.15) is 30.4 Å². The Morgan fingerprint density at radius 1 is 1.44 bits per heavy atom. The van der Waals surface area contributed by atoms with Crippen molar-refractivity contribution in [1.82, 2.24) is 0 Å². The standard InChI is InChI=1S/C13H13F3O2/c1-2-18-12(17)11-7-10(11)8-4-3-5-9(6-8)13(14,15)16/h3-6,10-11H,2,7H2,1H3/t10-,11-/m0/s1. The van der Waals surface area contributed by atoms with E-state index in [1.807, 2.05) is 0 Å². The van der Waals surface area contributed by atoms with E-state index in [9.17, 15) is 18.0 Å². The number of halogens is 3. The van der Waals surface area contributed by atoms with Crippen LogP contribution in [0.4, 0.5) is 13.2 Å². The summed E-state index contributed by atoms with van der Waals surface area (Å²) in [6.45, 7) is 2.00. The van der Waals surface area contributed by atoms with E-state index >= 15 is 0 Å². The number of benzene rings is 1. The van der Waals surface area contributed by atoms with Gasteiger partial charge in [-0.2, -0.15) is 13.2 Å². The number of carbonyl (C=O) groups excluding carboxylic acids is 1. The topological polar surface area (TPSA) is 26.3 Å². The summed E-state index contributed by atoms with van der Waals surface area (Å²) in [4.78, 5) is 11.4. The molecule has 1 saturated carbocycles. The summed E-state index contributed by atoms with van der Waals surface area (Å²) in [5, 5.41) is 0. The highest BCUT2D eigenvalue weighted by Gasteiger charge is 2.45. The molecule has 1 aliphatic carbocycles. The molecular formula is C13H13F3O2. The molecule has 0 spiro atoms. The lowest BCUT2D eigenvalue weighted by Crippen LogP contribution is -2.08. The second kappa shape index (κ2) is 4.63. The summed E-state index contributed by atoms with van der Waals surface area (Å²) in [6.07, 6.45) is -3.77. The highest BCUT2D eigenvalue weighted by atomic mass is 19.4. The van der Waals surface area contributed by atoms with Crippen LogP contribution >= 0.6 is 0 Å². The van der Waals surface area contributed by atoms with E-state index in [-0.39, 0.29) is 17.8 Å². The number of ether oxygens (including phenoxy) is 1. The highest BCUT2D eigenvalue weighted by Crippen LogP contribution is 2.48. The molecule has 2 nitrogen and oxygen atoms in total. The van der Waals surface area contributed by atoms with Crippen molar-refractivity contribution in [2.45, 2.75) is 25.4 Å². The Balaban J connectivity index is 2.10. The van der Waals surface area contributed by atoms with Gasteiger partial charge in [0.05, 0.1) is 18.1 Å². The molecular weight excluding hydrogens is 245 g/mol. The van der Waals surface area contributed by atoms with Crippen molar-refractivity contribution in [3.63, 3.8) is 0 Å². The van der Waals surface area contributed by atoms with Crippen LogP contribution in [0.25, 0.3) is 0 Å². The van der Waals surface area contributed by atoms with Gasteiger partial charge < -0.3 is 4.74 Å². The SMILES string of the molecule is CCOC(=O)[C@H]1C[C@H]1c1cccc(C(F)(F)F)c1. The molecule has 0 radical (unpaired) electrons. The van der Waals surface area contributed by atoms with Crippen molar-refractivity contribution in [2.24, 2.45) is 5.92 Å². The lowest BCUT2D eigenvalue weighted by Gasteiger charge is -2.08. The van der Waals surface area contributed by atoms with Crippen LogP contribution in [-0.4, -0.2) is 12.6 Å². The van der Waals surface area contributed by atoms with Gasteiger partial charge in [0.1, 0.15) is 0 Å². The number of rotatable bonds is 3. The molecule has 5 heteroatoms. The third-order valence-corrected chi connectivity index (χ3v) is 3.02. The summed E-state index contributed by atoms with van der Waals surface area (Å²) in [5.41, 5.74) is -0.114. The normalized spacial score (nSPS) is 22.7. The van der Waals surface area contributed by atoms with Crippen LogP contribution in [0.2, 0.25) is 0 Å². The molecule has 0 aliphatic heterocycles. The third kappa shape index (κ3) is 2.66. The molecule has 0 unspecified atom stereocenters. The van der Waals surface area contributed by atoms with Crippen molar-refractivity contribution >= 4 is 5.97 Å². The second-order valence-corrected chi connectivity index (χ2v) is 4.32. The Bertz CT molecular complexity index is 454. The van der Waals surface area contributed by atoms with E-state index in [4.69, 9.17) is 4.74 Å². The van der Waals surface area contributed by atoms with Crippen LogP contribution in [0.5, 0.6) is 0 Å². The van der Waals surface area contributed by atoms with Gasteiger partial charge in [0.25, 0.3) is 0 Å². The molecule has 0 saturated heterocycles. The minimum Gasteiger partial charge on any atom is -0.466 e. The van der Waals surface area contributed by atoms with Crippen molar-refractivity contribution < 1.29 is 22.7 Å². The van der Waals surface area contributed by atoms with Gasteiger partial charge in [-0.25, -0.2) is 0 Å². The first-order valence-corrected chi connectivity index (χ1v) is 5.77. The number of alkyl halides is 3. The molecule has 2 atom stereocenters. The first-order valence-electron chi connectivity index (χ1n) is 5.77. The van der Waals surface area contributed by atoms with Crippen molar-refractivity contribution in [3.8, 4) is 0 Å². The maximum atomic E-state index is 12.5. The largest absolute Gasteiger partial charge is 0.466 e. The Kier molecular flexibility index (Phi) is 3.32. The van der Waals surface area contributed by atoms with E-state index in [2.05, 4.69) is 0 Å². The maximum absolute atomic E-state index is 12.5. The second-order valence-electron chi connectivity index (χ2n) is 4.32. The number of esters is 1. The first kappa shape index (κ1) is 12.9. The average Bonchev–Trinajstić information content (AvgIpc) is 3.08. The maximum Gasteiger partial charge on any atom is 0.416 e. The van der Waals surface area contributed by atoms with Gasteiger partial charge in [0.2, 0.25) is 0 Å². The minimum absolute atomic E-state index is 0.133. The van der Waals surface area contributed by atoms with E-state index < -0.39 is 11.7 Å². The molecule has 0 amide bonds. The van der Waals surface area contributed by atoms with Gasteiger partial charge >= 0.3 is 12.1 Å². The minimum atomic E-state index is -4.34. The molecule has 0 aromatic heterocycles.